The molecule has 1 fully saturated rings. The standard InChI is InChI=1S/C21H28N2O2/c1-3-24-16-21(17-25-20-7-5-4-6-8-20)11-12-23(15-21)14-19-10-9-18(2)22-13-19/h4-10,13H,3,11-12,14-17H2,1-2H3/t21-/m0/s1. The molecule has 0 aliphatic carbocycles. The van der Waals surface area contributed by atoms with Gasteiger partial charge in [0, 0.05) is 37.0 Å². The van der Waals surface area contributed by atoms with Crippen LogP contribution in [0.3, 0.4) is 0 Å². The zero-order chi connectivity index (χ0) is 17.5. The molecule has 0 amide bonds. The Hall–Kier alpha value is -1.91. The molecule has 1 aliphatic heterocycles. The van der Waals surface area contributed by atoms with E-state index in [0.29, 0.717) is 6.61 Å². The van der Waals surface area contributed by atoms with E-state index in [1.54, 1.807) is 0 Å². The van der Waals surface area contributed by atoms with Gasteiger partial charge in [0.2, 0.25) is 0 Å². The second-order valence-electron chi connectivity index (χ2n) is 7.01. The summed E-state index contributed by atoms with van der Waals surface area (Å²) in [7, 11) is 0. The van der Waals surface area contributed by atoms with Crippen LogP contribution in [0.15, 0.2) is 48.7 Å². The third kappa shape index (κ3) is 5.03. The Kier molecular flexibility index (Phi) is 6.05. The number of aromatic nitrogens is 1. The Morgan fingerprint density at radius 1 is 1.12 bits per heavy atom. The number of hydrogen-bond acceptors (Lipinski definition) is 4. The molecule has 2 aromatic rings. The van der Waals surface area contributed by atoms with Crippen molar-refractivity contribution < 1.29 is 9.47 Å². The van der Waals surface area contributed by atoms with Crippen LogP contribution in [0.1, 0.15) is 24.6 Å². The Morgan fingerprint density at radius 2 is 1.96 bits per heavy atom. The molecule has 0 saturated carbocycles. The van der Waals surface area contributed by atoms with E-state index in [0.717, 1.165) is 50.7 Å². The van der Waals surface area contributed by atoms with Gasteiger partial charge in [0.1, 0.15) is 5.75 Å². The van der Waals surface area contributed by atoms with Crippen LogP contribution in [0.4, 0.5) is 0 Å². The van der Waals surface area contributed by atoms with Crippen molar-refractivity contribution >= 4 is 0 Å². The van der Waals surface area contributed by atoms with Crippen LogP contribution in [0.2, 0.25) is 0 Å². The summed E-state index contributed by atoms with van der Waals surface area (Å²) in [4.78, 5) is 6.89. The first-order valence-electron chi connectivity index (χ1n) is 9.09. The molecule has 0 bridgehead atoms. The van der Waals surface area contributed by atoms with Gasteiger partial charge in [0.15, 0.2) is 0 Å². The van der Waals surface area contributed by atoms with E-state index in [2.05, 4.69) is 28.9 Å². The predicted molar refractivity (Wildman–Crippen MR) is 99.7 cm³/mol. The molecule has 0 radical (unpaired) electrons. The number of rotatable bonds is 8. The van der Waals surface area contributed by atoms with E-state index in [1.165, 1.54) is 5.56 Å². The van der Waals surface area contributed by atoms with Gasteiger partial charge < -0.3 is 9.47 Å². The Balaban J connectivity index is 1.61. The molecular weight excluding hydrogens is 312 g/mol. The number of benzene rings is 1. The van der Waals surface area contributed by atoms with E-state index in [1.807, 2.05) is 43.5 Å². The van der Waals surface area contributed by atoms with Crippen LogP contribution in [-0.2, 0) is 11.3 Å². The number of likely N-dealkylation sites (tertiary alicyclic amines) is 1. The van der Waals surface area contributed by atoms with E-state index in [9.17, 15) is 0 Å². The van der Waals surface area contributed by atoms with E-state index >= 15 is 0 Å². The molecule has 134 valence electrons. The molecule has 3 rings (SSSR count). The maximum Gasteiger partial charge on any atom is 0.119 e. The van der Waals surface area contributed by atoms with Crippen LogP contribution in [0.25, 0.3) is 0 Å². The minimum absolute atomic E-state index is 0.0595. The molecule has 1 atom stereocenters. The van der Waals surface area contributed by atoms with Crippen molar-refractivity contribution in [2.75, 3.05) is 32.9 Å². The van der Waals surface area contributed by atoms with Crippen molar-refractivity contribution in [1.29, 1.82) is 0 Å². The molecule has 25 heavy (non-hydrogen) atoms. The molecule has 0 N–H and O–H groups in total. The first-order chi connectivity index (χ1) is 12.2. The van der Waals surface area contributed by atoms with Gasteiger partial charge in [-0.05, 0) is 50.6 Å². The number of pyridine rings is 1. The fourth-order valence-electron chi connectivity index (χ4n) is 3.36. The molecular formula is C21H28N2O2. The summed E-state index contributed by atoms with van der Waals surface area (Å²) in [6.07, 6.45) is 3.08. The lowest BCUT2D eigenvalue weighted by Gasteiger charge is -2.29. The highest BCUT2D eigenvalue weighted by atomic mass is 16.5. The summed E-state index contributed by atoms with van der Waals surface area (Å²) in [6, 6.07) is 14.3. The second kappa shape index (κ2) is 8.45. The fourth-order valence-corrected chi connectivity index (χ4v) is 3.36. The molecule has 4 nitrogen and oxygen atoms in total. The van der Waals surface area contributed by atoms with Gasteiger partial charge in [-0.25, -0.2) is 0 Å². The van der Waals surface area contributed by atoms with Crippen LogP contribution in [0.5, 0.6) is 5.75 Å². The van der Waals surface area contributed by atoms with Gasteiger partial charge in [0.05, 0.1) is 13.2 Å². The van der Waals surface area contributed by atoms with Crippen LogP contribution in [0, 0.1) is 12.3 Å². The van der Waals surface area contributed by atoms with Crippen molar-refractivity contribution in [2.45, 2.75) is 26.8 Å². The van der Waals surface area contributed by atoms with Gasteiger partial charge in [-0.1, -0.05) is 24.3 Å². The van der Waals surface area contributed by atoms with Crippen LogP contribution < -0.4 is 4.74 Å². The van der Waals surface area contributed by atoms with E-state index in [4.69, 9.17) is 9.47 Å². The zero-order valence-electron chi connectivity index (χ0n) is 15.3. The van der Waals surface area contributed by atoms with Gasteiger partial charge in [-0.15, -0.1) is 0 Å². The minimum Gasteiger partial charge on any atom is -0.493 e. The molecule has 1 aromatic carbocycles. The molecule has 1 aliphatic rings. The summed E-state index contributed by atoms with van der Waals surface area (Å²) in [5.74, 6) is 0.930. The summed E-state index contributed by atoms with van der Waals surface area (Å²) in [5, 5.41) is 0. The highest BCUT2D eigenvalue weighted by Gasteiger charge is 2.39. The van der Waals surface area contributed by atoms with Crippen molar-refractivity contribution in [3.05, 3.63) is 59.9 Å². The van der Waals surface area contributed by atoms with Crippen LogP contribution >= 0.6 is 0 Å². The predicted octanol–water partition coefficient (Wildman–Crippen LogP) is 3.70. The number of hydrogen-bond donors (Lipinski definition) is 0. The van der Waals surface area contributed by atoms with E-state index in [-0.39, 0.29) is 5.41 Å². The number of ether oxygens (including phenoxy) is 2. The Bertz CT molecular complexity index is 645. The lowest BCUT2D eigenvalue weighted by Crippen LogP contribution is -2.37. The lowest BCUT2D eigenvalue weighted by atomic mass is 9.89. The first kappa shape index (κ1) is 17.9. The quantitative estimate of drug-likeness (QED) is 0.734. The summed E-state index contributed by atoms with van der Waals surface area (Å²) >= 11 is 0. The average molecular weight is 340 g/mol. The van der Waals surface area contributed by atoms with Crippen molar-refractivity contribution in [3.63, 3.8) is 0 Å². The van der Waals surface area contributed by atoms with Crippen molar-refractivity contribution in [1.82, 2.24) is 9.88 Å². The Labute approximate surface area is 150 Å². The Morgan fingerprint density at radius 3 is 2.68 bits per heavy atom. The first-order valence-corrected chi connectivity index (χ1v) is 9.09. The third-order valence-corrected chi connectivity index (χ3v) is 4.80. The molecule has 2 heterocycles. The zero-order valence-corrected chi connectivity index (χ0v) is 15.3. The van der Waals surface area contributed by atoms with Gasteiger partial charge >= 0.3 is 0 Å². The topological polar surface area (TPSA) is 34.6 Å². The van der Waals surface area contributed by atoms with Crippen molar-refractivity contribution in [2.24, 2.45) is 5.41 Å². The number of nitrogens with zero attached hydrogens (tertiary/aromatic N) is 2. The molecule has 1 aromatic heterocycles. The van der Waals surface area contributed by atoms with Gasteiger partial charge in [0.25, 0.3) is 0 Å². The SMILES string of the molecule is CCOC[C@]1(COc2ccccc2)CCN(Cc2ccc(C)nc2)C1. The van der Waals surface area contributed by atoms with Gasteiger partial charge in [-0.2, -0.15) is 0 Å². The maximum atomic E-state index is 6.09. The smallest absolute Gasteiger partial charge is 0.119 e. The monoisotopic (exact) mass is 340 g/mol. The molecule has 0 spiro atoms. The van der Waals surface area contributed by atoms with Crippen LogP contribution in [-0.4, -0.2) is 42.8 Å². The number of para-hydroxylation sites is 1. The molecule has 4 heteroatoms. The summed E-state index contributed by atoms with van der Waals surface area (Å²) in [6.45, 7) is 9.26. The van der Waals surface area contributed by atoms with Gasteiger partial charge in [-0.3, -0.25) is 9.88 Å². The molecule has 1 saturated heterocycles. The van der Waals surface area contributed by atoms with E-state index < -0.39 is 0 Å². The summed E-state index contributed by atoms with van der Waals surface area (Å²) < 4.78 is 11.9. The normalized spacial score (nSPS) is 20.7. The highest BCUT2D eigenvalue weighted by molar-refractivity contribution is 5.21. The number of aryl methyl sites for hydroxylation is 1. The second-order valence-corrected chi connectivity index (χ2v) is 7.01. The van der Waals surface area contributed by atoms with Crippen molar-refractivity contribution in [3.8, 4) is 5.75 Å². The fraction of sp³-hybridized carbons (Fsp3) is 0.476. The molecule has 0 unspecified atom stereocenters. The minimum atomic E-state index is 0.0595. The maximum absolute atomic E-state index is 6.09. The third-order valence-electron chi connectivity index (χ3n) is 4.80. The average Bonchev–Trinajstić information content (AvgIpc) is 3.04. The largest absolute Gasteiger partial charge is 0.493 e. The summed E-state index contributed by atoms with van der Waals surface area (Å²) in [5.41, 5.74) is 2.39. The highest BCUT2D eigenvalue weighted by Crippen LogP contribution is 2.33. The lowest BCUT2D eigenvalue weighted by molar-refractivity contribution is 0.0234.